The molecule has 7 nitrogen and oxygen atoms in total. The summed E-state index contributed by atoms with van der Waals surface area (Å²) in [5, 5.41) is 8.00. The fourth-order valence-electron chi connectivity index (χ4n) is 3.28. The maximum atomic E-state index is 12.1. The van der Waals surface area contributed by atoms with E-state index in [0.29, 0.717) is 18.3 Å². The van der Waals surface area contributed by atoms with Gasteiger partial charge in [0.2, 0.25) is 5.91 Å². The number of amides is 1. The Morgan fingerprint density at radius 3 is 2.55 bits per heavy atom. The van der Waals surface area contributed by atoms with Crippen molar-refractivity contribution in [2.45, 2.75) is 26.8 Å². The van der Waals surface area contributed by atoms with Crippen molar-refractivity contribution in [3.63, 3.8) is 0 Å². The number of halogens is 1. The zero-order chi connectivity index (χ0) is 20.8. The van der Waals surface area contributed by atoms with Crippen LogP contribution in [-0.4, -0.2) is 48.4 Å². The molecule has 1 aliphatic heterocycles. The molecule has 1 N–H and O–H groups in total. The smallest absolute Gasteiger partial charge is 0.267 e. The second-order valence-electron chi connectivity index (χ2n) is 7.67. The van der Waals surface area contributed by atoms with Crippen LogP contribution >= 0.6 is 11.6 Å². The molecule has 0 saturated carbocycles. The van der Waals surface area contributed by atoms with Gasteiger partial charge in [-0.15, -0.1) is 0 Å². The van der Waals surface area contributed by atoms with E-state index in [4.69, 9.17) is 11.6 Å². The maximum Gasteiger partial charge on any atom is 0.267 e. The molecular weight excluding hydrogens is 390 g/mol. The minimum Gasteiger partial charge on any atom is -0.368 e. The normalized spacial score (nSPS) is 14.3. The number of rotatable bonds is 7. The lowest BCUT2D eigenvalue weighted by Crippen LogP contribution is -2.47. The van der Waals surface area contributed by atoms with Gasteiger partial charge in [-0.3, -0.25) is 9.59 Å². The minimum atomic E-state index is -0.273. The number of nitrogens with zero attached hydrogens (tertiary/aromatic N) is 4. The first kappa shape index (κ1) is 21.2. The lowest BCUT2D eigenvalue weighted by atomic mass is 10.1. The van der Waals surface area contributed by atoms with Gasteiger partial charge in [-0.25, -0.2) is 4.68 Å². The maximum absolute atomic E-state index is 12.1. The van der Waals surface area contributed by atoms with Crippen LogP contribution in [0.25, 0.3) is 0 Å². The highest BCUT2D eigenvalue weighted by molar-refractivity contribution is 6.30. The molecule has 0 atom stereocenters. The first-order chi connectivity index (χ1) is 13.9. The Morgan fingerprint density at radius 1 is 1.14 bits per heavy atom. The fourth-order valence-corrected chi connectivity index (χ4v) is 3.46. The van der Waals surface area contributed by atoms with Crippen LogP contribution in [0.2, 0.25) is 5.02 Å². The summed E-state index contributed by atoms with van der Waals surface area (Å²) in [7, 11) is 0. The molecule has 1 fully saturated rings. The zero-order valence-electron chi connectivity index (χ0n) is 17.0. The molecule has 0 bridgehead atoms. The van der Waals surface area contributed by atoms with Crippen molar-refractivity contribution in [1.29, 1.82) is 0 Å². The molecule has 0 radical (unpaired) electrons. The second-order valence-corrected chi connectivity index (χ2v) is 8.11. The second kappa shape index (κ2) is 9.78. The Bertz CT molecular complexity index is 891. The van der Waals surface area contributed by atoms with E-state index in [1.165, 1.54) is 10.7 Å². The van der Waals surface area contributed by atoms with Crippen LogP contribution < -0.4 is 20.7 Å². The molecular formula is C21H28ClN5O2. The highest BCUT2D eigenvalue weighted by atomic mass is 35.5. The Balaban J connectivity index is 1.60. The molecule has 3 rings (SSSR count). The lowest BCUT2D eigenvalue weighted by molar-refractivity contribution is -0.121. The van der Waals surface area contributed by atoms with E-state index in [-0.39, 0.29) is 18.0 Å². The van der Waals surface area contributed by atoms with E-state index < -0.39 is 0 Å². The predicted octanol–water partition coefficient (Wildman–Crippen LogP) is 2.39. The van der Waals surface area contributed by atoms with Gasteiger partial charge in [0.05, 0.1) is 0 Å². The summed E-state index contributed by atoms with van der Waals surface area (Å²) in [6, 6.07) is 11.0. The third kappa shape index (κ3) is 5.97. The van der Waals surface area contributed by atoms with Crippen LogP contribution in [-0.2, 0) is 11.3 Å². The SMILES string of the molecule is CC(C)CCNC(=O)Cn1nc(N2CCN(c3cccc(Cl)c3)CC2)ccc1=O. The summed E-state index contributed by atoms with van der Waals surface area (Å²) in [6.07, 6.45) is 0.908. The summed E-state index contributed by atoms with van der Waals surface area (Å²) in [5.41, 5.74) is 0.832. The Kier molecular flexibility index (Phi) is 7.14. The van der Waals surface area contributed by atoms with E-state index in [9.17, 15) is 9.59 Å². The molecule has 0 unspecified atom stereocenters. The zero-order valence-corrected chi connectivity index (χ0v) is 17.7. The Morgan fingerprint density at radius 2 is 1.86 bits per heavy atom. The molecule has 2 heterocycles. The summed E-state index contributed by atoms with van der Waals surface area (Å²) >= 11 is 6.10. The van der Waals surface area contributed by atoms with Gasteiger partial charge in [0.1, 0.15) is 12.4 Å². The molecule has 1 saturated heterocycles. The van der Waals surface area contributed by atoms with Gasteiger partial charge < -0.3 is 15.1 Å². The average Bonchev–Trinajstić information content (AvgIpc) is 2.69. The van der Waals surface area contributed by atoms with Crippen molar-refractivity contribution in [1.82, 2.24) is 15.1 Å². The van der Waals surface area contributed by atoms with Gasteiger partial charge in [0, 0.05) is 49.5 Å². The van der Waals surface area contributed by atoms with Crippen LogP contribution in [0.1, 0.15) is 20.3 Å². The first-order valence-corrected chi connectivity index (χ1v) is 10.4. The largest absolute Gasteiger partial charge is 0.368 e. The summed E-state index contributed by atoms with van der Waals surface area (Å²) < 4.78 is 1.24. The lowest BCUT2D eigenvalue weighted by Gasteiger charge is -2.36. The molecule has 156 valence electrons. The number of anilines is 2. The number of hydrogen-bond acceptors (Lipinski definition) is 5. The third-order valence-corrected chi connectivity index (χ3v) is 5.20. The van der Waals surface area contributed by atoms with E-state index in [1.807, 2.05) is 18.2 Å². The number of nitrogens with one attached hydrogen (secondary N) is 1. The number of benzene rings is 1. The molecule has 0 spiro atoms. The van der Waals surface area contributed by atoms with Crippen LogP contribution in [0.5, 0.6) is 0 Å². The van der Waals surface area contributed by atoms with Crippen LogP contribution in [0.3, 0.4) is 0 Å². The molecule has 1 aromatic carbocycles. The Hall–Kier alpha value is -2.54. The van der Waals surface area contributed by atoms with Crippen molar-refractivity contribution in [3.8, 4) is 0 Å². The first-order valence-electron chi connectivity index (χ1n) is 10.0. The molecule has 1 aromatic heterocycles. The number of aromatic nitrogens is 2. The summed E-state index contributed by atoms with van der Waals surface area (Å²) in [4.78, 5) is 28.7. The van der Waals surface area contributed by atoms with E-state index in [2.05, 4.69) is 40.1 Å². The van der Waals surface area contributed by atoms with Gasteiger partial charge in [0.15, 0.2) is 0 Å². The Labute approximate surface area is 176 Å². The molecule has 0 aliphatic carbocycles. The fraction of sp³-hybridized carbons (Fsp3) is 0.476. The van der Waals surface area contributed by atoms with Gasteiger partial charge in [-0.2, -0.15) is 5.10 Å². The molecule has 2 aromatic rings. The van der Waals surface area contributed by atoms with Gasteiger partial charge in [0.25, 0.3) is 5.56 Å². The van der Waals surface area contributed by atoms with Crippen LogP contribution in [0, 0.1) is 5.92 Å². The van der Waals surface area contributed by atoms with Crippen LogP contribution in [0.4, 0.5) is 11.5 Å². The number of carbonyl (C=O) groups excluding carboxylic acids is 1. The van der Waals surface area contributed by atoms with Crippen molar-refractivity contribution in [3.05, 3.63) is 51.8 Å². The van der Waals surface area contributed by atoms with Crippen molar-refractivity contribution in [2.24, 2.45) is 5.92 Å². The third-order valence-electron chi connectivity index (χ3n) is 4.97. The number of carbonyl (C=O) groups is 1. The standard InChI is InChI=1S/C21H28ClN5O2/c1-16(2)8-9-23-20(28)15-27-21(29)7-6-19(24-27)26-12-10-25(11-13-26)18-5-3-4-17(22)14-18/h3-7,14,16H,8-13,15H2,1-2H3,(H,23,28). The summed E-state index contributed by atoms with van der Waals surface area (Å²) in [6.45, 7) is 7.97. The van der Waals surface area contributed by atoms with E-state index >= 15 is 0 Å². The highest BCUT2D eigenvalue weighted by Crippen LogP contribution is 2.22. The van der Waals surface area contributed by atoms with E-state index in [1.54, 1.807) is 6.07 Å². The predicted molar refractivity (Wildman–Crippen MR) is 117 cm³/mol. The van der Waals surface area contributed by atoms with Crippen molar-refractivity contribution < 1.29 is 4.79 Å². The average molecular weight is 418 g/mol. The van der Waals surface area contributed by atoms with Gasteiger partial charge in [-0.1, -0.05) is 31.5 Å². The van der Waals surface area contributed by atoms with Crippen LogP contribution in [0.15, 0.2) is 41.2 Å². The van der Waals surface area contributed by atoms with Gasteiger partial charge >= 0.3 is 0 Å². The number of piperazine rings is 1. The van der Waals surface area contributed by atoms with Gasteiger partial charge in [-0.05, 0) is 36.6 Å². The summed E-state index contributed by atoms with van der Waals surface area (Å²) in [5.74, 6) is 1.04. The van der Waals surface area contributed by atoms with Crippen molar-refractivity contribution >= 4 is 29.0 Å². The topological polar surface area (TPSA) is 70.5 Å². The molecule has 1 aliphatic rings. The highest BCUT2D eigenvalue weighted by Gasteiger charge is 2.19. The quantitative estimate of drug-likeness (QED) is 0.749. The minimum absolute atomic E-state index is 0.0623. The van der Waals surface area contributed by atoms with E-state index in [0.717, 1.165) is 43.3 Å². The molecule has 29 heavy (non-hydrogen) atoms. The number of hydrogen-bond donors (Lipinski definition) is 1. The molecule has 8 heteroatoms. The van der Waals surface area contributed by atoms with Crippen molar-refractivity contribution in [2.75, 3.05) is 42.5 Å². The molecule has 1 amide bonds. The monoisotopic (exact) mass is 417 g/mol.